The second-order valence-corrected chi connectivity index (χ2v) is 4.93. The molecule has 1 fully saturated rings. The van der Waals surface area contributed by atoms with Gasteiger partial charge in [-0.3, -0.25) is 10.1 Å². The normalized spacial score (nSPS) is 20.2. The van der Waals surface area contributed by atoms with Crippen molar-refractivity contribution in [2.75, 3.05) is 25.0 Å². The zero-order valence-corrected chi connectivity index (χ0v) is 11.4. The van der Waals surface area contributed by atoms with Crippen molar-refractivity contribution >= 4 is 11.5 Å². The fourth-order valence-corrected chi connectivity index (χ4v) is 2.50. The van der Waals surface area contributed by atoms with Gasteiger partial charge in [-0.25, -0.2) is 4.98 Å². The van der Waals surface area contributed by atoms with Gasteiger partial charge < -0.3 is 10.2 Å². The second kappa shape index (κ2) is 5.97. The molecule has 1 atom stereocenters. The number of likely N-dealkylation sites (N-methyl/N-ethyl adjacent to an activating group) is 1. The van der Waals surface area contributed by atoms with Crippen molar-refractivity contribution in [3.05, 3.63) is 27.9 Å². The monoisotopic (exact) mass is 264 g/mol. The highest BCUT2D eigenvalue weighted by Crippen LogP contribution is 2.20. The van der Waals surface area contributed by atoms with Crippen LogP contribution in [-0.2, 0) is 0 Å². The highest BCUT2D eigenvalue weighted by atomic mass is 16.6. The van der Waals surface area contributed by atoms with Crippen LogP contribution < -0.4 is 5.32 Å². The number of pyridine rings is 1. The number of nitrogens with zero attached hydrogens (tertiary/aromatic N) is 3. The van der Waals surface area contributed by atoms with Crippen LogP contribution in [-0.4, -0.2) is 40.5 Å². The van der Waals surface area contributed by atoms with Gasteiger partial charge in [0.25, 0.3) is 5.69 Å². The Labute approximate surface area is 113 Å². The van der Waals surface area contributed by atoms with Crippen molar-refractivity contribution in [1.29, 1.82) is 0 Å². The van der Waals surface area contributed by atoms with Crippen LogP contribution in [0.15, 0.2) is 12.1 Å². The molecule has 19 heavy (non-hydrogen) atoms. The predicted molar refractivity (Wildman–Crippen MR) is 74.4 cm³/mol. The van der Waals surface area contributed by atoms with Crippen LogP contribution in [0.2, 0.25) is 0 Å². The Morgan fingerprint density at radius 2 is 2.37 bits per heavy atom. The van der Waals surface area contributed by atoms with Gasteiger partial charge in [-0.15, -0.1) is 0 Å². The molecule has 1 N–H and O–H groups in total. The SMILES string of the molecule is CCN1CCCC(Nc2ccc([N+](=O)[O-])c(C)n2)C1. The molecule has 2 rings (SSSR count). The van der Waals surface area contributed by atoms with Crippen molar-refractivity contribution in [1.82, 2.24) is 9.88 Å². The molecule has 0 bridgehead atoms. The lowest BCUT2D eigenvalue weighted by atomic mass is 10.1. The average molecular weight is 264 g/mol. The highest BCUT2D eigenvalue weighted by Gasteiger charge is 2.19. The van der Waals surface area contributed by atoms with E-state index in [1.165, 1.54) is 12.5 Å². The van der Waals surface area contributed by atoms with Gasteiger partial charge in [0, 0.05) is 18.7 Å². The number of nitro groups is 1. The van der Waals surface area contributed by atoms with E-state index < -0.39 is 4.92 Å². The van der Waals surface area contributed by atoms with Crippen LogP contribution in [0.3, 0.4) is 0 Å². The molecule has 1 aromatic rings. The average Bonchev–Trinajstić information content (AvgIpc) is 2.38. The summed E-state index contributed by atoms with van der Waals surface area (Å²) < 4.78 is 0. The maximum atomic E-state index is 10.7. The molecular formula is C13H20N4O2. The first-order chi connectivity index (χ1) is 9.10. The Hall–Kier alpha value is -1.69. The first-order valence-corrected chi connectivity index (χ1v) is 6.71. The molecule has 1 saturated heterocycles. The van der Waals surface area contributed by atoms with E-state index >= 15 is 0 Å². The summed E-state index contributed by atoms with van der Waals surface area (Å²) in [6.07, 6.45) is 2.30. The van der Waals surface area contributed by atoms with Gasteiger partial charge in [-0.1, -0.05) is 6.92 Å². The zero-order chi connectivity index (χ0) is 13.8. The summed E-state index contributed by atoms with van der Waals surface area (Å²) >= 11 is 0. The molecule has 6 nitrogen and oxygen atoms in total. The number of likely N-dealkylation sites (tertiary alicyclic amines) is 1. The first-order valence-electron chi connectivity index (χ1n) is 6.71. The Morgan fingerprint density at radius 3 is 3.00 bits per heavy atom. The standard InChI is InChI=1S/C13H20N4O2/c1-3-16-8-4-5-11(9-16)15-13-7-6-12(17(18)19)10(2)14-13/h6-7,11H,3-5,8-9H2,1-2H3,(H,14,15). The van der Waals surface area contributed by atoms with Crippen molar-refractivity contribution in [3.63, 3.8) is 0 Å². The number of aromatic nitrogens is 1. The van der Waals surface area contributed by atoms with Crippen LogP contribution in [0, 0.1) is 17.0 Å². The summed E-state index contributed by atoms with van der Waals surface area (Å²) in [4.78, 5) is 17.0. The van der Waals surface area contributed by atoms with Gasteiger partial charge in [-0.05, 0) is 38.9 Å². The third-order valence-electron chi connectivity index (χ3n) is 3.56. The fraction of sp³-hybridized carbons (Fsp3) is 0.615. The largest absolute Gasteiger partial charge is 0.366 e. The lowest BCUT2D eigenvalue weighted by Gasteiger charge is -2.32. The number of rotatable bonds is 4. The molecule has 0 aliphatic carbocycles. The molecule has 2 heterocycles. The van der Waals surface area contributed by atoms with E-state index in [1.54, 1.807) is 13.0 Å². The molecule has 1 aliphatic heterocycles. The van der Waals surface area contributed by atoms with Crippen LogP contribution in [0.1, 0.15) is 25.5 Å². The minimum atomic E-state index is -0.397. The number of hydrogen-bond acceptors (Lipinski definition) is 5. The van der Waals surface area contributed by atoms with Gasteiger partial charge in [0.05, 0.1) is 4.92 Å². The van der Waals surface area contributed by atoms with Crippen molar-refractivity contribution in [3.8, 4) is 0 Å². The Balaban J connectivity index is 2.03. The summed E-state index contributed by atoms with van der Waals surface area (Å²) in [7, 11) is 0. The van der Waals surface area contributed by atoms with E-state index in [-0.39, 0.29) is 5.69 Å². The van der Waals surface area contributed by atoms with Crippen LogP contribution in [0.25, 0.3) is 0 Å². The molecule has 6 heteroatoms. The number of piperidine rings is 1. The number of nitrogens with one attached hydrogen (secondary N) is 1. The predicted octanol–water partition coefficient (Wildman–Crippen LogP) is 2.19. The number of hydrogen-bond donors (Lipinski definition) is 1. The summed E-state index contributed by atoms with van der Waals surface area (Å²) in [5.41, 5.74) is 0.530. The lowest BCUT2D eigenvalue weighted by molar-refractivity contribution is -0.385. The Morgan fingerprint density at radius 1 is 1.58 bits per heavy atom. The quantitative estimate of drug-likeness (QED) is 0.666. The Bertz CT molecular complexity index is 464. The first kappa shape index (κ1) is 13.7. The van der Waals surface area contributed by atoms with E-state index in [4.69, 9.17) is 0 Å². The van der Waals surface area contributed by atoms with Gasteiger partial charge >= 0.3 is 0 Å². The fourth-order valence-electron chi connectivity index (χ4n) is 2.50. The second-order valence-electron chi connectivity index (χ2n) is 4.93. The van der Waals surface area contributed by atoms with Gasteiger partial charge in [0.15, 0.2) is 0 Å². The summed E-state index contributed by atoms with van der Waals surface area (Å²) in [6.45, 7) is 7.06. The van der Waals surface area contributed by atoms with Crippen molar-refractivity contribution in [2.24, 2.45) is 0 Å². The van der Waals surface area contributed by atoms with Gasteiger partial charge in [0.1, 0.15) is 11.5 Å². The minimum absolute atomic E-state index is 0.0735. The lowest BCUT2D eigenvalue weighted by Crippen LogP contribution is -2.41. The maximum absolute atomic E-state index is 10.7. The Kier molecular flexibility index (Phi) is 4.31. The molecule has 0 spiro atoms. The maximum Gasteiger partial charge on any atom is 0.290 e. The van der Waals surface area contributed by atoms with E-state index in [0.717, 1.165) is 31.9 Å². The topological polar surface area (TPSA) is 71.3 Å². The molecule has 1 aromatic heterocycles. The third kappa shape index (κ3) is 3.41. The van der Waals surface area contributed by atoms with Crippen LogP contribution in [0.4, 0.5) is 11.5 Å². The number of anilines is 1. The molecule has 0 radical (unpaired) electrons. The third-order valence-corrected chi connectivity index (χ3v) is 3.56. The number of aryl methyl sites for hydroxylation is 1. The smallest absolute Gasteiger partial charge is 0.290 e. The molecule has 0 saturated carbocycles. The molecule has 0 aromatic carbocycles. The van der Waals surface area contributed by atoms with Crippen molar-refractivity contribution in [2.45, 2.75) is 32.7 Å². The molecule has 1 aliphatic rings. The summed E-state index contributed by atoms with van der Waals surface area (Å²) in [6, 6.07) is 3.59. The van der Waals surface area contributed by atoms with E-state index in [1.807, 2.05) is 0 Å². The van der Waals surface area contributed by atoms with Crippen molar-refractivity contribution < 1.29 is 4.92 Å². The highest BCUT2D eigenvalue weighted by molar-refractivity contribution is 5.45. The summed E-state index contributed by atoms with van der Waals surface area (Å²) in [5, 5.41) is 14.1. The van der Waals surface area contributed by atoms with Crippen LogP contribution >= 0.6 is 0 Å². The van der Waals surface area contributed by atoms with E-state index in [0.29, 0.717) is 11.7 Å². The van der Waals surface area contributed by atoms with Gasteiger partial charge in [-0.2, -0.15) is 0 Å². The van der Waals surface area contributed by atoms with Crippen LogP contribution in [0.5, 0.6) is 0 Å². The van der Waals surface area contributed by atoms with E-state index in [9.17, 15) is 10.1 Å². The molecule has 104 valence electrons. The summed E-state index contributed by atoms with van der Waals surface area (Å²) in [5.74, 6) is 0.728. The molecule has 0 amide bonds. The zero-order valence-electron chi connectivity index (χ0n) is 11.4. The van der Waals surface area contributed by atoms with E-state index in [2.05, 4.69) is 22.1 Å². The van der Waals surface area contributed by atoms with Gasteiger partial charge in [0.2, 0.25) is 0 Å². The molecule has 1 unspecified atom stereocenters. The minimum Gasteiger partial charge on any atom is -0.366 e. The molecular weight excluding hydrogens is 244 g/mol.